The van der Waals surface area contributed by atoms with Gasteiger partial charge in [-0.15, -0.1) is 0 Å². The van der Waals surface area contributed by atoms with E-state index < -0.39 is 0 Å². The van der Waals surface area contributed by atoms with Crippen LogP contribution in [0.4, 0.5) is 5.69 Å². The van der Waals surface area contributed by atoms with Crippen molar-refractivity contribution in [1.29, 1.82) is 0 Å². The second-order valence-electron chi connectivity index (χ2n) is 5.50. The number of nitrogens with one attached hydrogen (secondary N) is 1. The van der Waals surface area contributed by atoms with E-state index in [1.54, 1.807) is 0 Å². The molecule has 17 heavy (non-hydrogen) atoms. The molecule has 2 nitrogen and oxygen atoms in total. The van der Waals surface area contributed by atoms with E-state index in [-0.39, 0.29) is 0 Å². The monoisotopic (exact) mass is 232 g/mol. The van der Waals surface area contributed by atoms with Gasteiger partial charge in [0.05, 0.1) is 0 Å². The first-order valence-corrected chi connectivity index (χ1v) is 6.70. The van der Waals surface area contributed by atoms with Crippen molar-refractivity contribution in [3.8, 4) is 0 Å². The van der Waals surface area contributed by atoms with E-state index in [4.69, 9.17) is 0 Å². The van der Waals surface area contributed by atoms with Crippen molar-refractivity contribution in [2.24, 2.45) is 5.92 Å². The van der Waals surface area contributed by atoms with Gasteiger partial charge in [0.15, 0.2) is 0 Å². The third kappa shape index (κ3) is 3.47. The Labute approximate surface area is 105 Å². The van der Waals surface area contributed by atoms with Gasteiger partial charge in [-0.05, 0) is 36.9 Å². The highest BCUT2D eigenvalue weighted by molar-refractivity contribution is 5.54. The van der Waals surface area contributed by atoms with Crippen molar-refractivity contribution >= 4 is 5.69 Å². The van der Waals surface area contributed by atoms with E-state index in [9.17, 15) is 0 Å². The Hall–Kier alpha value is -1.02. The maximum Gasteiger partial charge on any atom is 0.0411 e. The topological polar surface area (TPSA) is 15.3 Å². The van der Waals surface area contributed by atoms with Crippen molar-refractivity contribution in [3.63, 3.8) is 0 Å². The molecule has 2 heteroatoms. The molecule has 2 rings (SSSR count). The Kier molecular flexibility index (Phi) is 4.06. The van der Waals surface area contributed by atoms with Crippen LogP contribution in [-0.4, -0.2) is 19.6 Å². The van der Waals surface area contributed by atoms with Gasteiger partial charge in [-0.2, -0.15) is 0 Å². The number of hydrogen-bond acceptors (Lipinski definition) is 2. The Morgan fingerprint density at radius 2 is 2.00 bits per heavy atom. The molecule has 1 fully saturated rings. The fraction of sp³-hybridized carbons (Fsp3) is 0.600. The van der Waals surface area contributed by atoms with Crippen LogP contribution in [0.25, 0.3) is 0 Å². The lowest BCUT2D eigenvalue weighted by Gasteiger charge is -2.22. The van der Waals surface area contributed by atoms with Gasteiger partial charge in [-0.25, -0.2) is 0 Å². The second-order valence-corrected chi connectivity index (χ2v) is 5.50. The molecule has 0 unspecified atom stereocenters. The molecule has 0 atom stereocenters. The molecule has 1 aliphatic carbocycles. The van der Waals surface area contributed by atoms with Crippen LogP contribution < -0.4 is 10.2 Å². The van der Waals surface area contributed by atoms with Crippen LogP contribution in [-0.2, 0) is 6.54 Å². The van der Waals surface area contributed by atoms with Gasteiger partial charge in [-0.3, -0.25) is 0 Å². The van der Waals surface area contributed by atoms with Crippen LogP contribution in [0.5, 0.6) is 0 Å². The molecule has 0 heterocycles. The predicted molar refractivity (Wildman–Crippen MR) is 74.4 cm³/mol. The van der Waals surface area contributed by atoms with Crippen LogP contribution in [0.2, 0.25) is 0 Å². The molecule has 1 saturated carbocycles. The Morgan fingerprint density at radius 3 is 2.65 bits per heavy atom. The first-order valence-electron chi connectivity index (χ1n) is 6.70. The molecule has 0 aliphatic heterocycles. The minimum atomic E-state index is 0.711. The minimum Gasteiger partial charge on any atom is -0.371 e. The van der Waals surface area contributed by atoms with Crippen LogP contribution in [0.1, 0.15) is 32.3 Å². The summed E-state index contributed by atoms with van der Waals surface area (Å²) >= 11 is 0. The molecule has 0 bridgehead atoms. The van der Waals surface area contributed by atoms with Gasteiger partial charge in [0.1, 0.15) is 0 Å². The van der Waals surface area contributed by atoms with Gasteiger partial charge >= 0.3 is 0 Å². The van der Waals surface area contributed by atoms with Crippen molar-refractivity contribution in [2.45, 2.75) is 39.3 Å². The van der Waals surface area contributed by atoms with Crippen molar-refractivity contribution in [2.75, 3.05) is 18.5 Å². The molecule has 0 radical (unpaired) electrons. The summed E-state index contributed by atoms with van der Waals surface area (Å²) in [7, 11) is 2.22. The van der Waals surface area contributed by atoms with Gasteiger partial charge in [0.25, 0.3) is 0 Å². The quantitative estimate of drug-likeness (QED) is 0.811. The smallest absolute Gasteiger partial charge is 0.0411 e. The van der Waals surface area contributed by atoms with Crippen LogP contribution in [0, 0.1) is 5.92 Å². The van der Waals surface area contributed by atoms with Gasteiger partial charge < -0.3 is 10.2 Å². The van der Waals surface area contributed by atoms with Crippen LogP contribution >= 0.6 is 0 Å². The van der Waals surface area contributed by atoms with Gasteiger partial charge in [0, 0.05) is 25.3 Å². The van der Waals surface area contributed by atoms with Crippen LogP contribution in [0.3, 0.4) is 0 Å². The molecule has 1 aromatic rings. The molecule has 1 aromatic carbocycles. The maximum absolute atomic E-state index is 3.53. The summed E-state index contributed by atoms with van der Waals surface area (Å²) in [5, 5.41) is 3.53. The average molecular weight is 232 g/mol. The van der Waals surface area contributed by atoms with Crippen LogP contribution in [0.15, 0.2) is 24.3 Å². The Morgan fingerprint density at radius 1 is 1.29 bits per heavy atom. The summed E-state index contributed by atoms with van der Waals surface area (Å²) in [6.45, 7) is 6.55. The number of hydrogen-bond donors (Lipinski definition) is 1. The molecule has 0 saturated heterocycles. The third-order valence-corrected chi connectivity index (χ3v) is 3.33. The SMILES string of the molecule is CC(C)CNCc1ccccc1N(C)C1CC1. The first kappa shape index (κ1) is 12.4. The number of para-hydroxylation sites is 1. The molecule has 0 amide bonds. The molecule has 0 aromatic heterocycles. The fourth-order valence-corrected chi connectivity index (χ4v) is 2.16. The van der Waals surface area contributed by atoms with Gasteiger partial charge in [-0.1, -0.05) is 32.0 Å². The summed E-state index contributed by atoms with van der Waals surface area (Å²) in [4.78, 5) is 2.44. The molecular formula is C15H24N2. The zero-order valence-corrected chi connectivity index (χ0v) is 11.2. The minimum absolute atomic E-state index is 0.711. The maximum atomic E-state index is 3.53. The van der Waals surface area contributed by atoms with E-state index in [1.807, 2.05) is 0 Å². The van der Waals surface area contributed by atoms with E-state index in [0.717, 1.165) is 19.1 Å². The highest BCUT2D eigenvalue weighted by Gasteiger charge is 2.27. The van der Waals surface area contributed by atoms with E-state index >= 15 is 0 Å². The highest BCUT2D eigenvalue weighted by atomic mass is 15.2. The summed E-state index contributed by atoms with van der Waals surface area (Å²) in [6, 6.07) is 9.53. The fourth-order valence-electron chi connectivity index (χ4n) is 2.16. The summed E-state index contributed by atoms with van der Waals surface area (Å²) in [6.07, 6.45) is 2.70. The lowest BCUT2D eigenvalue weighted by Crippen LogP contribution is -2.24. The Bertz CT molecular complexity index is 356. The molecule has 0 spiro atoms. The van der Waals surface area contributed by atoms with Crippen molar-refractivity contribution < 1.29 is 0 Å². The third-order valence-electron chi connectivity index (χ3n) is 3.33. The van der Waals surface area contributed by atoms with E-state index in [0.29, 0.717) is 5.92 Å². The number of rotatable bonds is 6. The molecule has 1 N–H and O–H groups in total. The number of anilines is 1. The predicted octanol–water partition coefficient (Wildman–Crippen LogP) is 3.03. The standard InChI is InChI=1S/C15H24N2/c1-12(2)10-16-11-13-6-4-5-7-15(13)17(3)14-8-9-14/h4-7,12,14,16H,8-11H2,1-3H3. The zero-order valence-electron chi connectivity index (χ0n) is 11.2. The largest absolute Gasteiger partial charge is 0.371 e. The van der Waals surface area contributed by atoms with Gasteiger partial charge in [0.2, 0.25) is 0 Å². The zero-order chi connectivity index (χ0) is 12.3. The molecular weight excluding hydrogens is 208 g/mol. The lowest BCUT2D eigenvalue weighted by atomic mass is 10.1. The molecule has 94 valence electrons. The summed E-state index contributed by atoms with van der Waals surface area (Å²) in [5.41, 5.74) is 2.81. The second kappa shape index (κ2) is 5.54. The number of nitrogens with zero attached hydrogens (tertiary/aromatic N) is 1. The average Bonchev–Trinajstić information content (AvgIpc) is 3.12. The van der Waals surface area contributed by atoms with E-state index in [2.05, 4.69) is 55.4 Å². The normalized spacial score (nSPS) is 15.3. The van der Waals surface area contributed by atoms with Crippen molar-refractivity contribution in [1.82, 2.24) is 5.32 Å². The highest BCUT2D eigenvalue weighted by Crippen LogP contribution is 2.31. The number of benzene rings is 1. The van der Waals surface area contributed by atoms with E-state index in [1.165, 1.54) is 24.1 Å². The first-order chi connectivity index (χ1) is 8.18. The Balaban J connectivity index is 1.99. The summed E-state index contributed by atoms with van der Waals surface area (Å²) in [5.74, 6) is 0.711. The summed E-state index contributed by atoms with van der Waals surface area (Å²) < 4.78 is 0. The lowest BCUT2D eigenvalue weighted by molar-refractivity contribution is 0.552. The van der Waals surface area contributed by atoms with Crippen molar-refractivity contribution in [3.05, 3.63) is 29.8 Å². The molecule has 1 aliphatic rings.